The molecule has 19 heavy (non-hydrogen) atoms. The van der Waals surface area contributed by atoms with E-state index in [1.54, 1.807) is 0 Å². The first-order valence-corrected chi connectivity index (χ1v) is 6.73. The molecule has 0 bridgehead atoms. The molecule has 5 heteroatoms. The third kappa shape index (κ3) is 2.93. The molecule has 0 aliphatic carbocycles. The second-order valence-electron chi connectivity index (χ2n) is 4.36. The molecule has 1 N–H and O–H groups in total. The van der Waals surface area contributed by atoms with Gasteiger partial charge >= 0.3 is 5.97 Å². The van der Waals surface area contributed by atoms with Gasteiger partial charge in [0.15, 0.2) is 10.8 Å². The molecular weight excluding hydrogens is 260 g/mol. The van der Waals surface area contributed by atoms with Crippen molar-refractivity contribution in [3.63, 3.8) is 0 Å². The fourth-order valence-corrected chi connectivity index (χ4v) is 2.54. The van der Waals surface area contributed by atoms with E-state index in [1.165, 1.54) is 24.0 Å². The maximum absolute atomic E-state index is 11.5. The molecule has 0 spiro atoms. The van der Waals surface area contributed by atoms with Gasteiger partial charge in [-0.05, 0) is 38.0 Å². The predicted molar refractivity (Wildman–Crippen MR) is 77.4 cm³/mol. The van der Waals surface area contributed by atoms with Crippen molar-refractivity contribution >= 4 is 28.1 Å². The van der Waals surface area contributed by atoms with Gasteiger partial charge in [-0.15, -0.1) is 11.3 Å². The largest absolute Gasteiger partial charge is 0.464 e. The topological polar surface area (TPSA) is 51.2 Å². The van der Waals surface area contributed by atoms with Gasteiger partial charge in [-0.1, -0.05) is 12.1 Å². The monoisotopic (exact) mass is 276 g/mol. The van der Waals surface area contributed by atoms with Gasteiger partial charge in [-0.2, -0.15) is 0 Å². The summed E-state index contributed by atoms with van der Waals surface area (Å²) in [5.74, 6) is -0.400. The number of aryl methyl sites for hydroxylation is 3. The van der Waals surface area contributed by atoms with E-state index in [-0.39, 0.29) is 0 Å². The highest BCUT2D eigenvalue weighted by molar-refractivity contribution is 7.15. The molecule has 0 radical (unpaired) electrons. The minimum absolute atomic E-state index is 0.375. The molecule has 2 aromatic rings. The van der Waals surface area contributed by atoms with Crippen molar-refractivity contribution < 1.29 is 9.53 Å². The minimum atomic E-state index is -0.400. The lowest BCUT2D eigenvalue weighted by Crippen LogP contribution is -2.03. The fraction of sp³-hybridized carbons (Fsp3) is 0.286. The lowest BCUT2D eigenvalue weighted by molar-refractivity contribution is 0.0594. The van der Waals surface area contributed by atoms with E-state index in [1.807, 2.05) is 20.8 Å². The first-order valence-electron chi connectivity index (χ1n) is 5.91. The van der Waals surface area contributed by atoms with Gasteiger partial charge in [0, 0.05) is 10.6 Å². The number of benzene rings is 1. The maximum atomic E-state index is 11.5. The molecular formula is C14H16N2O2S. The smallest absolute Gasteiger partial charge is 0.357 e. The lowest BCUT2D eigenvalue weighted by atomic mass is 10.1. The number of carbonyl (C=O) groups is 1. The number of hydrogen-bond acceptors (Lipinski definition) is 5. The lowest BCUT2D eigenvalue weighted by Gasteiger charge is -2.07. The summed E-state index contributed by atoms with van der Waals surface area (Å²) in [5.41, 5.74) is 3.69. The Balaban J connectivity index is 2.29. The molecule has 4 nitrogen and oxygen atoms in total. The predicted octanol–water partition coefficient (Wildman–Crippen LogP) is 3.60. The number of nitrogens with one attached hydrogen (secondary N) is 1. The van der Waals surface area contributed by atoms with Crippen LogP contribution in [0.4, 0.5) is 10.8 Å². The van der Waals surface area contributed by atoms with Crippen LogP contribution in [0.5, 0.6) is 0 Å². The zero-order valence-corrected chi connectivity index (χ0v) is 12.2. The summed E-state index contributed by atoms with van der Waals surface area (Å²) in [6, 6.07) is 6.18. The van der Waals surface area contributed by atoms with Crippen molar-refractivity contribution in [2.75, 3.05) is 12.4 Å². The Hall–Kier alpha value is -1.88. The van der Waals surface area contributed by atoms with Crippen molar-refractivity contribution in [2.45, 2.75) is 20.8 Å². The quantitative estimate of drug-likeness (QED) is 0.870. The Morgan fingerprint density at radius 2 is 2.05 bits per heavy atom. The highest BCUT2D eigenvalue weighted by atomic mass is 32.1. The zero-order valence-electron chi connectivity index (χ0n) is 11.4. The maximum Gasteiger partial charge on any atom is 0.357 e. The standard InChI is InChI=1S/C14H16N2O2S/c1-8-5-6-9(2)11(7-8)15-14-16-12(10(3)19-14)13(17)18-4/h5-7H,1-4H3,(H,15,16). The van der Waals surface area contributed by atoms with E-state index in [0.717, 1.165) is 16.1 Å². The number of thiazole rings is 1. The first kappa shape index (κ1) is 13.5. The Morgan fingerprint density at radius 1 is 1.32 bits per heavy atom. The number of carbonyl (C=O) groups excluding carboxylic acids is 1. The SMILES string of the molecule is COC(=O)c1nc(Nc2cc(C)ccc2C)sc1C. The Kier molecular flexibility index (Phi) is 3.85. The minimum Gasteiger partial charge on any atom is -0.464 e. The Labute approximate surface area is 116 Å². The highest BCUT2D eigenvalue weighted by Crippen LogP contribution is 2.27. The van der Waals surface area contributed by atoms with Gasteiger partial charge in [-0.25, -0.2) is 9.78 Å². The van der Waals surface area contributed by atoms with Crippen LogP contribution in [0.25, 0.3) is 0 Å². The van der Waals surface area contributed by atoms with Crippen LogP contribution in [0, 0.1) is 20.8 Å². The average Bonchev–Trinajstić information content (AvgIpc) is 2.74. The summed E-state index contributed by atoms with van der Waals surface area (Å²) >= 11 is 1.44. The summed E-state index contributed by atoms with van der Waals surface area (Å²) in [6.45, 7) is 5.93. The van der Waals surface area contributed by atoms with Crippen LogP contribution >= 0.6 is 11.3 Å². The second-order valence-corrected chi connectivity index (χ2v) is 5.56. The highest BCUT2D eigenvalue weighted by Gasteiger charge is 2.16. The van der Waals surface area contributed by atoms with Crippen molar-refractivity contribution in [1.29, 1.82) is 0 Å². The van der Waals surface area contributed by atoms with Crippen molar-refractivity contribution in [1.82, 2.24) is 4.98 Å². The zero-order chi connectivity index (χ0) is 14.0. The van der Waals surface area contributed by atoms with Crippen LogP contribution < -0.4 is 5.32 Å². The van der Waals surface area contributed by atoms with Crippen LogP contribution in [0.15, 0.2) is 18.2 Å². The van der Waals surface area contributed by atoms with E-state index in [4.69, 9.17) is 4.74 Å². The third-order valence-corrected chi connectivity index (χ3v) is 3.70. The molecule has 100 valence electrons. The number of esters is 1. The molecule has 0 amide bonds. The molecule has 0 fully saturated rings. The van der Waals surface area contributed by atoms with Gasteiger partial charge in [-0.3, -0.25) is 0 Å². The van der Waals surface area contributed by atoms with Crippen LogP contribution in [-0.4, -0.2) is 18.1 Å². The molecule has 2 rings (SSSR count). The van der Waals surface area contributed by atoms with Gasteiger partial charge in [0.25, 0.3) is 0 Å². The summed E-state index contributed by atoms with van der Waals surface area (Å²) < 4.78 is 4.70. The Morgan fingerprint density at radius 3 is 2.74 bits per heavy atom. The molecule has 0 saturated carbocycles. The fourth-order valence-electron chi connectivity index (χ4n) is 1.72. The summed E-state index contributed by atoms with van der Waals surface area (Å²) in [6.07, 6.45) is 0. The van der Waals surface area contributed by atoms with Crippen LogP contribution in [0.3, 0.4) is 0 Å². The van der Waals surface area contributed by atoms with Crippen molar-refractivity contribution in [3.8, 4) is 0 Å². The van der Waals surface area contributed by atoms with E-state index in [2.05, 4.69) is 28.5 Å². The summed E-state index contributed by atoms with van der Waals surface area (Å²) in [4.78, 5) is 16.6. The first-order chi connectivity index (χ1) is 9.01. The van der Waals surface area contributed by atoms with E-state index < -0.39 is 5.97 Å². The second kappa shape index (κ2) is 5.40. The average molecular weight is 276 g/mol. The van der Waals surface area contributed by atoms with Gasteiger partial charge in [0.05, 0.1) is 7.11 Å². The molecule has 0 unspecified atom stereocenters. The molecule has 1 aromatic heterocycles. The number of nitrogens with zero attached hydrogens (tertiary/aromatic N) is 1. The van der Waals surface area contributed by atoms with Crippen LogP contribution in [0.1, 0.15) is 26.5 Å². The van der Waals surface area contributed by atoms with Crippen LogP contribution in [-0.2, 0) is 4.74 Å². The molecule has 1 heterocycles. The molecule has 0 aliphatic rings. The number of anilines is 2. The van der Waals surface area contributed by atoms with Crippen LogP contribution in [0.2, 0.25) is 0 Å². The van der Waals surface area contributed by atoms with E-state index in [0.29, 0.717) is 10.8 Å². The Bertz CT molecular complexity index is 620. The summed E-state index contributed by atoms with van der Waals surface area (Å²) in [5, 5.41) is 3.95. The normalized spacial score (nSPS) is 10.3. The number of rotatable bonds is 3. The summed E-state index contributed by atoms with van der Waals surface area (Å²) in [7, 11) is 1.36. The molecule has 1 aromatic carbocycles. The number of aromatic nitrogens is 1. The van der Waals surface area contributed by atoms with Gasteiger partial charge < -0.3 is 10.1 Å². The van der Waals surface area contributed by atoms with Crippen molar-refractivity contribution in [2.24, 2.45) is 0 Å². The third-order valence-electron chi connectivity index (χ3n) is 2.81. The van der Waals surface area contributed by atoms with Crippen molar-refractivity contribution in [3.05, 3.63) is 39.9 Å². The van der Waals surface area contributed by atoms with E-state index in [9.17, 15) is 4.79 Å². The molecule has 0 saturated heterocycles. The molecule has 0 atom stereocenters. The van der Waals surface area contributed by atoms with Gasteiger partial charge in [0.1, 0.15) is 0 Å². The number of methoxy groups -OCH3 is 1. The number of ether oxygens (including phenoxy) is 1. The number of hydrogen-bond donors (Lipinski definition) is 1. The van der Waals surface area contributed by atoms with E-state index >= 15 is 0 Å². The van der Waals surface area contributed by atoms with Gasteiger partial charge in [0.2, 0.25) is 0 Å². The molecule has 0 aliphatic heterocycles.